The van der Waals surface area contributed by atoms with Crippen LogP contribution >= 0.6 is 0 Å². The van der Waals surface area contributed by atoms with E-state index >= 15 is 0 Å². The number of hydrogen-bond acceptors (Lipinski definition) is 4. The van der Waals surface area contributed by atoms with E-state index in [1.54, 1.807) is 0 Å². The second-order valence-electron chi connectivity index (χ2n) is 3.54. The lowest BCUT2D eigenvalue weighted by molar-refractivity contribution is -0.393. The summed E-state index contributed by atoms with van der Waals surface area (Å²) in [5.74, 6) is -0.898. The summed E-state index contributed by atoms with van der Waals surface area (Å²) in [7, 11) is 0. The third kappa shape index (κ3) is 1.56. The SMILES string of the molecule is NC(=O)c1cc([N+](=O)[O-])n(C2CCC2)n1. The molecule has 0 unspecified atom stereocenters. The van der Waals surface area contributed by atoms with Crippen LogP contribution in [-0.2, 0) is 0 Å². The second kappa shape index (κ2) is 3.34. The molecule has 0 spiro atoms. The van der Waals surface area contributed by atoms with Crippen LogP contribution in [0.4, 0.5) is 5.82 Å². The second-order valence-corrected chi connectivity index (χ2v) is 3.54. The molecule has 0 saturated heterocycles. The molecule has 2 rings (SSSR count). The van der Waals surface area contributed by atoms with E-state index in [1.165, 1.54) is 4.68 Å². The van der Waals surface area contributed by atoms with E-state index in [-0.39, 0.29) is 17.6 Å². The Labute approximate surface area is 85.0 Å². The molecule has 1 aliphatic carbocycles. The predicted octanol–water partition coefficient (Wildman–Crippen LogP) is 0.615. The van der Waals surface area contributed by atoms with Crippen molar-refractivity contribution in [1.29, 1.82) is 0 Å². The van der Waals surface area contributed by atoms with Crippen molar-refractivity contribution in [3.05, 3.63) is 21.9 Å². The minimum Gasteiger partial charge on any atom is -0.364 e. The Bertz CT molecular complexity index is 422. The van der Waals surface area contributed by atoms with Gasteiger partial charge in [0.2, 0.25) is 0 Å². The molecule has 0 radical (unpaired) electrons. The number of hydrogen-bond donors (Lipinski definition) is 1. The van der Waals surface area contributed by atoms with Gasteiger partial charge in [-0.15, -0.1) is 4.68 Å². The lowest BCUT2D eigenvalue weighted by atomic mass is 9.93. The number of aromatic nitrogens is 2. The third-order valence-electron chi connectivity index (χ3n) is 2.58. The van der Waals surface area contributed by atoms with E-state index in [9.17, 15) is 14.9 Å². The van der Waals surface area contributed by atoms with Gasteiger partial charge in [0.15, 0.2) is 5.69 Å². The minimum absolute atomic E-state index is 0.0403. The highest BCUT2D eigenvalue weighted by atomic mass is 16.6. The first-order valence-corrected chi connectivity index (χ1v) is 4.63. The molecule has 1 saturated carbocycles. The summed E-state index contributed by atoms with van der Waals surface area (Å²) in [4.78, 5) is 21.0. The van der Waals surface area contributed by atoms with Gasteiger partial charge >= 0.3 is 5.82 Å². The van der Waals surface area contributed by atoms with Crippen molar-refractivity contribution in [2.24, 2.45) is 5.73 Å². The first kappa shape index (κ1) is 9.63. The summed E-state index contributed by atoms with van der Waals surface area (Å²) in [5.41, 5.74) is 4.97. The molecule has 7 heteroatoms. The Balaban J connectivity index is 2.41. The zero-order valence-corrected chi connectivity index (χ0v) is 7.92. The predicted molar refractivity (Wildman–Crippen MR) is 50.3 cm³/mol. The maximum absolute atomic E-state index is 10.8. The third-order valence-corrected chi connectivity index (χ3v) is 2.58. The highest BCUT2D eigenvalue weighted by molar-refractivity contribution is 5.91. The molecule has 15 heavy (non-hydrogen) atoms. The summed E-state index contributed by atoms with van der Waals surface area (Å²) in [6.45, 7) is 0. The van der Waals surface area contributed by atoms with Crippen LogP contribution < -0.4 is 5.73 Å². The number of carbonyl (C=O) groups excluding carboxylic acids is 1. The van der Waals surface area contributed by atoms with Crippen molar-refractivity contribution in [3.63, 3.8) is 0 Å². The van der Waals surface area contributed by atoms with Crippen molar-refractivity contribution in [2.45, 2.75) is 25.3 Å². The number of nitrogens with two attached hydrogens (primary N) is 1. The number of nitrogens with zero attached hydrogens (tertiary/aromatic N) is 3. The summed E-state index contributed by atoms with van der Waals surface area (Å²) >= 11 is 0. The van der Waals surface area contributed by atoms with Crippen molar-refractivity contribution in [1.82, 2.24) is 9.78 Å². The van der Waals surface area contributed by atoms with E-state index < -0.39 is 10.8 Å². The van der Waals surface area contributed by atoms with Crippen molar-refractivity contribution in [2.75, 3.05) is 0 Å². The highest BCUT2D eigenvalue weighted by Crippen LogP contribution is 2.34. The molecule has 0 atom stereocenters. The van der Waals surface area contributed by atoms with Crippen LogP contribution in [0.25, 0.3) is 0 Å². The summed E-state index contributed by atoms with van der Waals surface area (Å²) < 4.78 is 1.30. The maximum atomic E-state index is 10.8. The molecule has 1 amide bonds. The standard InChI is InChI=1S/C8H10N4O3/c9-8(13)6-4-7(12(14)15)11(10-6)5-2-1-3-5/h4-5H,1-3H2,(H2,9,13). The van der Waals surface area contributed by atoms with Gasteiger partial charge in [0, 0.05) is 0 Å². The first-order chi connectivity index (χ1) is 7.09. The van der Waals surface area contributed by atoms with Crippen molar-refractivity contribution in [3.8, 4) is 0 Å². The summed E-state index contributed by atoms with van der Waals surface area (Å²) in [6, 6.07) is 1.17. The van der Waals surface area contributed by atoms with E-state index in [0.717, 1.165) is 25.3 Å². The molecule has 1 fully saturated rings. The average Bonchev–Trinajstić information content (AvgIpc) is 2.45. The molecule has 1 aromatic rings. The Morgan fingerprint density at radius 1 is 1.67 bits per heavy atom. The molecular weight excluding hydrogens is 200 g/mol. The van der Waals surface area contributed by atoms with Gasteiger partial charge in [-0.3, -0.25) is 4.79 Å². The molecule has 0 aliphatic heterocycles. The van der Waals surface area contributed by atoms with Gasteiger partial charge in [-0.05, 0) is 24.2 Å². The minimum atomic E-state index is -0.740. The lowest BCUT2D eigenvalue weighted by Crippen LogP contribution is -2.20. The lowest BCUT2D eigenvalue weighted by Gasteiger charge is -2.21. The van der Waals surface area contributed by atoms with Crippen LogP contribution in [-0.4, -0.2) is 20.6 Å². The van der Waals surface area contributed by atoms with E-state index in [1.807, 2.05) is 0 Å². The quantitative estimate of drug-likeness (QED) is 0.583. The summed E-state index contributed by atoms with van der Waals surface area (Å²) in [5, 5.41) is 14.5. The van der Waals surface area contributed by atoms with Crippen LogP contribution in [0.2, 0.25) is 0 Å². The van der Waals surface area contributed by atoms with Gasteiger partial charge in [0.25, 0.3) is 5.91 Å². The molecule has 80 valence electrons. The molecule has 0 bridgehead atoms. The van der Waals surface area contributed by atoms with E-state index in [4.69, 9.17) is 5.73 Å². The first-order valence-electron chi connectivity index (χ1n) is 4.63. The Hall–Kier alpha value is -1.92. The molecule has 0 aromatic carbocycles. The highest BCUT2D eigenvalue weighted by Gasteiger charge is 2.31. The summed E-state index contributed by atoms with van der Waals surface area (Å²) in [6.07, 6.45) is 2.76. The topological polar surface area (TPSA) is 104 Å². The molecule has 2 N–H and O–H groups in total. The van der Waals surface area contributed by atoms with E-state index in [0.29, 0.717) is 0 Å². The Kier molecular flexibility index (Phi) is 2.14. The van der Waals surface area contributed by atoms with Gasteiger partial charge in [0.1, 0.15) is 6.04 Å². The van der Waals surface area contributed by atoms with Gasteiger partial charge in [-0.25, -0.2) is 0 Å². The van der Waals surface area contributed by atoms with Gasteiger partial charge < -0.3 is 15.8 Å². The van der Waals surface area contributed by atoms with Crippen LogP contribution in [0, 0.1) is 10.1 Å². The van der Waals surface area contributed by atoms with Crippen molar-refractivity contribution >= 4 is 11.7 Å². The molecule has 7 nitrogen and oxygen atoms in total. The van der Waals surface area contributed by atoms with Gasteiger partial charge in [-0.1, -0.05) is 5.10 Å². The number of rotatable bonds is 3. The van der Waals surface area contributed by atoms with Crippen LogP contribution in [0.5, 0.6) is 0 Å². The van der Waals surface area contributed by atoms with Crippen LogP contribution in [0.1, 0.15) is 35.8 Å². The van der Waals surface area contributed by atoms with Gasteiger partial charge in [-0.2, -0.15) is 0 Å². The molecule has 1 heterocycles. The average molecular weight is 210 g/mol. The van der Waals surface area contributed by atoms with E-state index in [2.05, 4.69) is 5.10 Å². The fraction of sp³-hybridized carbons (Fsp3) is 0.500. The fourth-order valence-corrected chi connectivity index (χ4v) is 1.54. The number of primary amides is 1. The van der Waals surface area contributed by atoms with Crippen LogP contribution in [0.3, 0.4) is 0 Å². The number of amides is 1. The fourth-order valence-electron chi connectivity index (χ4n) is 1.54. The monoisotopic (exact) mass is 210 g/mol. The number of carbonyl (C=O) groups is 1. The van der Waals surface area contributed by atoms with Gasteiger partial charge in [0.05, 0.1) is 6.07 Å². The Morgan fingerprint density at radius 3 is 2.73 bits per heavy atom. The molecule has 1 aliphatic rings. The maximum Gasteiger partial charge on any atom is 0.345 e. The molecule has 1 aromatic heterocycles. The van der Waals surface area contributed by atoms with Crippen LogP contribution in [0.15, 0.2) is 6.07 Å². The van der Waals surface area contributed by atoms with Crippen molar-refractivity contribution < 1.29 is 9.72 Å². The number of nitro groups is 1. The smallest absolute Gasteiger partial charge is 0.345 e. The zero-order valence-electron chi connectivity index (χ0n) is 7.92. The largest absolute Gasteiger partial charge is 0.364 e. The molecular formula is C8H10N4O3. The Morgan fingerprint density at radius 2 is 2.33 bits per heavy atom. The zero-order chi connectivity index (χ0) is 11.0. The normalized spacial score (nSPS) is 16.0.